The molecule has 1 aliphatic rings. The van der Waals surface area contributed by atoms with Crippen LogP contribution in [-0.4, -0.2) is 45.1 Å². The Morgan fingerprint density at radius 3 is 2.78 bits per heavy atom. The van der Waals surface area contributed by atoms with Crippen LogP contribution >= 0.6 is 0 Å². The highest BCUT2D eigenvalue weighted by Crippen LogP contribution is 2.18. The third kappa shape index (κ3) is 4.02. The van der Waals surface area contributed by atoms with E-state index < -0.39 is 0 Å². The molecule has 1 aliphatic heterocycles. The van der Waals surface area contributed by atoms with Crippen molar-refractivity contribution in [2.45, 2.75) is 32.0 Å². The predicted octanol–water partition coefficient (Wildman–Crippen LogP) is 2.45. The monoisotopic (exact) mass is 364 g/mol. The summed E-state index contributed by atoms with van der Waals surface area (Å²) in [6.07, 6.45) is 4.90. The Kier molecular flexibility index (Phi) is 5.18. The van der Waals surface area contributed by atoms with Gasteiger partial charge in [-0.3, -0.25) is 9.69 Å². The van der Waals surface area contributed by atoms with Gasteiger partial charge in [0.25, 0.3) is 5.91 Å². The lowest BCUT2D eigenvalue weighted by molar-refractivity contribution is 0.0790. The van der Waals surface area contributed by atoms with E-state index in [2.05, 4.69) is 32.3 Å². The van der Waals surface area contributed by atoms with E-state index in [1.54, 1.807) is 12.4 Å². The van der Waals surface area contributed by atoms with Gasteiger partial charge in [-0.05, 0) is 36.1 Å². The molecule has 1 amide bonds. The maximum Gasteiger partial charge on any atom is 0.253 e. The Hall–Kier alpha value is -2.70. The van der Waals surface area contributed by atoms with Crippen molar-refractivity contribution in [1.82, 2.24) is 20.2 Å². The zero-order chi connectivity index (χ0) is 18.6. The number of hydrogen-bond acceptors (Lipinski definition) is 4. The lowest BCUT2D eigenvalue weighted by atomic mass is 10.0. The molecule has 6 heteroatoms. The van der Waals surface area contributed by atoms with Crippen LogP contribution in [0.2, 0.25) is 0 Å². The summed E-state index contributed by atoms with van der Waals surface area (Å²) >= 11 is 0. The van der Waals surface area contributed by atoms with Gasteiger partial charge in [-0.25, -0.2) is 4.98 Å². The Labute approximate surface area is 158 Å². The molecule has 0 aliphatic carbocycles. The fourth-order valence-electron chi connectivity index (χ4n) is 3.62. The minimum atomic E-state index is -0.165. The quantitative estimate of drug-likeness (QED) is 0.650. The zero-order valence-corrected chi connectivity index (χ0v) is 15.2. The molecule has 0 saturated carbocycles. The summed E-state index contributed by atoms with van der Waals surface area (Å²) in [5.74, 6) is -0.106. The number of carbonyl (C=O) groups is 1. The number of carbonyl (C=O) groups excluding carboxylic acids is 1. The average Bonchev–Trinajstić information content (AvgIpc) is 3.13. The number of rotatable bonds is 5. The highest BCUT2D eigenvalue weighted by Gasteiger charge is 2.18. The molecule has 1 aromatic carbocycles. The molecule has 3 N–H and O–H groups in total. The number of benzene rings is 1. The molecule has 1 saturated heterocycles. The second-order valence-electron chi connectivity index (χ2n) is 7.06. The van der Waals surface area contributed by atoms with Crippen molar-refractivity contribution in [3.63, 3.8) is 0 Å². The highest BCUT2D eigenvalue weighted by molar-refractivity contribution is 6.05. The smallest absolute Gasteiger partial charge is 0.253 e. The Morgan fingerprint density at radius 1 is 1.19 bits per heavy atom. The summed E-state index contributed by atoms with van der Waals surface area (Å²) in [6.45, 7) is 3.14. The van der Waals surface area contributed by atoms with E-state index in [1.165, 1.54) is 5.56 Å². The number of nitrogens with one attached hydrogen (secondary N) is 2. The normalized spacial score (nSPS) is 15.9. The second-order valence-corrected chi connectivity index (χ2v) is 7.06. The predicted molar refractivity (Wildman–Crippen MR) is 104 cm³/mol. The van der Waals surface area contributed by atoms with Gasteiger partial charge in [-0.1, -0.05) is 24.3 Å². The fraction of sp³-hybridized carbons (Fsp3) is 0.333. The van der Waals surface area contributed by atoms with E-state index in [4.69, 9.17) is 0 Å². The fourth-order valence-corrected chi connectivity index (χ4v) is 3.62. The van der Waals surface area contributed by atoms with Gasteiger partial charge in [0.2, 0.25) is 0 Å². The van der Waals surface area contributed by atoms with Crippen LogP contribution in [0.15, 0.2) is 48.8 Å². The number of amides is 1. The SMILES string of the molecule is O=C(NCc1ccccc1CN1CCC(O)CC1)c1c[nH]c2ncccc12. The first kappa shape index (κ1) is 17.7. The van der Waals surface area contributed by atoms with Gasteiger partial charge < -0.3 is 15.4 Å². The molecule has 0 spiro atoms. The Bertz CT molecular complexity index is 929. The van der Waals surface area contributed by atoms with Gasteiger partial charge in [-0.2, -0.15) is 0 Å². The van der Waals surface area contributed by atoms with Crippen LogP contribution in [0, 0.1) is 0 Å². The number of pyridine rings is 1. The van der Waals surface area contributed by atoms with Crippen LogP contribution in [0.5, 0.6) is 0 Å². The number of aliphatic hydroxyl groups is 1. The molecule has 1 fully saturated rings. The summed E-state index contributed by atoms with van der Waals surface area (Å²) in [6, 6.07) is 11.9. The summed E-state index contributed by atoms with van der Waals surface area (Å²) < 4.78 is 0. The molecule has 3 heterocycles. The number of aliphatic hydroxyl groups excluding tert-OH is 1. The topological polar surface area (TPSA) is 81.3 Å². The molecule has 0 unspecified atom stereocenters. The van der Waals surface area contributed by atoms with Gasteiger partial charge in [0, 0.05) is 44.0 Å². The van der Waals surface area contributed by atoms with Crippen molar-refractivity contribution in [2.24, 2.45) is 0 Å². The Morgan fingerprint density at radius 2 is 1.96 bits per heavy atom. The third-order valence-corrected chi connectivity index (χ3v) is 5.20. The van der Waals surface area contributed by atoms with Crippen LogP contribution in [0.25, 0.3) is 11.0 Å². The molecule has 0 atom stereocenters. The van der Waals surface area contributed by atoms with E-state index in [0.717, 1.165) is 49.1 Å². The lowest BCUT2D eigenvalue weighted by Crippen LogP contribution is -2.35. The van der Waals surface area contributed by atoms with E-state index in [-0.39, 0.29) is 12.0 Å². The maximum absolute atomic E-state index is 12.6. The van der Waals surface area contributed by atoms with Crippen molar-refractivity contribution in [1.29, 1.82) is 0 Å². The largest absolute Gasteiger partial charge is 0.393 e. The molecule has 0 radical (unpaired) electrons. The zero-order valence-electron chi connectivity index (χ0n) is 15.2. The van der Waals surface area contributed by atoms with E-state index in [1.807, 2.05) is 24.3 Å². The van der Waals surface area contributed by atoms with Gasteiger partial charge in [0.15, 0.2) is 0 Å². The number of aromatic nitrogens is 2. The molecule has 140 valence electrons. The third-order valence-electron chi connectivity index (χ3n) is 5.20. The summed E-state index contributed by atoms with van der Waals surface area (Å²) in [4.78, 5) is 22.3. The number of hydrogen-bond donors (Lipinski definition) is 3. The van der Waals surface area contributed by atoms with Crippen LogP contribution < -0.4 is 5.32 Å². The second kappa shape index (κ2) is 7.90. The van der Waals surface area contributed by atoms with Gasteiger partial charge in [0.1, 0.15) is 5.65 Å². The van der Waals surface area contributed by atoms with Crippen LogP contribution in [-0.2, 0) is 13.1 Å². The van der Waals surface area contributed by atoms with Crippen LogP contribution in [0.1, 0.15) is 34.3 Å². The number of nitrogens with zero attached hydrogens (tertiary/aromatic N) is 2. The minimum absolute atomic E-state index is 0.106. The van der Waals surface area contributed by atoms with Crippen LogP contribution in [0.3, 0.4) is 0 Å². The summed E-state index contributed by atoms with van der Waals surface area (Å²) in [5.41, 5.74) is 3.67. The molecular formula is C21H24N4O2. The van der Waals surface area contributed by atoms with E-state index in [9.17, 15) is 9.90 Å². The van der Waals surface area contributed by atoms with Crippen molar-refractivity contribution in [2.75, 3.05) is 13.1 Å². The standard InChI is InChI=1S/C21H24N4O2/c26-17-7-10-25(11-8-17)14-16-5-2-1-4-15(16)12-24-21(27)19-13-23-20-18(19)6-3-9-22-20/h1-6,9,13,17,26H,7-8,10-12,14H2,(H,22,23)(H,24,27). The molecular weight excluding hydrogens is 340 g/mol. The van der Waals surface area contributed by atoms with E-state index in [0.29, 0.717) is 12.1 Å². The molecule has 0 bridgehead atoms. The maximum atomic E-state index is 12.6. The van der Waals surface area contributed by atoms with Crippen molar-refractivity contribution >= 4 is 16.9 Å². The van der Waals surface area contributed by atoms with Gasteiger partial charge >= 0.3 is 0 Å². The minimum Gasteiger partial charge on any atom is -0.393 e. The van der Waals surface area contributed by atoms with Crippen molar-refractivity contribution < 1.29 is 9.90 Å². The first-order valence-electron chi connectivity index (χ1n) is 9.38. The lowest BCUT2D eigenvalue weighted by Gasteiger charge is -2.30. The van der Waals surface area contributed by atoms with Crippen molar-refractivity contribution in [3.8, 4) is 0 Å². The molecule has 2 aromatic heterocycles. The van der Waals surface area contributed by atoms with E-state index >= 15 is 0 Å². The average molecular weight is 364 g/mol. The summed E-state index contributed by atoms with van der Waals surface area (Å²) in [7, 11) is 0. The highest BCUT2D eigenvalue weighted by atomic mass is 16.3. The molecule has 4 rings (SSSR count). The number of fused-ring (bicyclic) bond motifs is 1. The van der Waals surface area contributed by atoms with Crippen LogP contribution in [0.4, 0.5) is 0 Å². The Balaban J connectivity index is 1.43. The number of piperidine rings is 1. The summed E-state index contributed by atoms with van der Waals surface area (Å²) in [5, 5.41) is 13.5. The first-order chi connectivity index (χ1) is 13.2. The van der Waals surface area contributed by atoms with Crippen molar-refractivity contribution in [3.05, 3.63) is 65.5 Å². The number of likely N-dealkylation sites (tertiary alicyclic amines) is 1. The molecule has 3 aromatic rings. The molecule has 6 nitrogen and oxygen atoms in total. The first-order valence-corrected chi connectivity index (χ1v) is 9.38. The van der Waals surface area contributed by atoms with Gasteiger partial charge in [-0.15, -0.1) is 0 Å². The number of aromatic amines is 1. The van der Waals surface area contributed by atoms with Gasteiger partial charge in [0.05, 0.1) is 11.7 Å². The molecule has 27 heavy (non-hydrogen) atoms. The number of H-pyrrole nitrogens is 1.